The second-order valence-electron chi connectivity index (χ2n) is 7.87. The molecule has 2 atom stereocenters. The first-order chi connectivity index (χ1) is 15.5. The van der Waals surface area contributed by atoms with Crippen LogP contribution >= 0.6 is 11.6 Å². The second kappa shape index (κ2) is 9.98. The van der Waals surface area contributed by atoms with Crippen molar-refractivity contribution in [3.8, 4) is 18.2 Å². The van der Waals surface area contributed by atoms with Gasteiger partial charge in [0.25, 0.3) is 5.91 Å². The van der Waals surface area contributed by atoms with E-state index in [0.717, 1.165) is 31.6 Å². The van der Waals surface area contributed by atoms with Crippen LogP contribution in [-0.4, -0.2) is 50.7 Å². The molecule has 32 heavy (non-hydrogen) atoms. The molecular weight excluding hydrogens is 428 g/mol. The van der Waals surface area contributed by atoms with Crippen molar-refractivity contribution in [2.24, 2.45) is 5.92 Å². The Kier molecular flexibility index (Phi) is 6.88. The smallest absolute Gasteiger partial charge is 0.272 e. The fourth-order valence-corrected chi connectivity index (χ4v) is 3.98. The minimum absolute atomic E-state index is 0.0635. The molecule has 2 aliphatic rings. The molecule has 1 saturated heterocycles. The number of nitrogens with one attached hydrogen (secondary N) is 2. The highest BCUT2D eigenvalue weighted by Crippen LogP contribution is 2.22. The van der Waals surface area contributed by atoms with Crippen molar-refractivity contribution in [2.75, 3.05) is 18.5 Å². The molecule has 1 unspecified atom stereocenters. The number of carbonyl (C=O) groups is 1. The molecule has 0 saturated carbocycles. The van der Waals surface area contributed by atoms with Crippen LogP contribution in [0.1, 0.15) is 35.3 Å². The first-order valence-corrected chi connectivity index (χ1v) is 10.9. The van der Waals surface area contributed by atoms with Gasteiger partial charge in [0, 0.05) is 48.2 Å². The first-order valence-electron chi connectivity index (χ1n) is 10.6. The van der Waals surface area contributed by atoms with Gasteiger partial charge in [0.15, 0.2) is 0 Å². The van der Waals surface area contributed by atoms with Crippen LogP contribution in [0.15, 0.2) is 42.0 Å². The topological polar surface area (TPSA) is 94.0 Å². The van der Waals surface area contributed by atoms with Crippen molar-refractivity contribution >= 4 is 23.5 Å². The van der Waals surface area contributed by atoms with E-state index in [9.17, 15) is 4.79 Å². The number of nitrogens with zero attached hydrogens (tertiary/aromatic N) is 4. The molecular formula is C23H25ClN6O2. The molecule has 8 nitrogen and oxygen atoms in total. The Morgan fingerprint density at radius 3 is 2.94 bits per heavy atom. The van der Waals surface area contributed by atoms with Gasteiger partial charge in [-0.2, -0.15) is 4.98 Å². The van der Waals surface area contributed by atoms with Gasteiger partial charge in [-0.1, -0.05) is 29.7 Å². The minimum atomic E-state index is -0.484. The highest BCUT2D eigenvalue weighted by Gasteiger charge is 2.23. The molecule has 0 bridgehead atoms. The summed E-state index contributed by atoms with van der Waals surface area (Å²) in [4.78, 5) is 26.1. The van der Waals surface area contributed by atoms with Gasteiger partial charge in [-0.15, -0.1) is 6.42 Å². The summed E-state index contributed by atoms with van der Waals surface area (Å²) in [6, 6.07) is -0.205. The number of aromatic nitrogens is 4. The predicted molar refractivity (Wildman–Crippen MR) is 123 cm³/mol. The Hall–Kier alpha value is -3.15. The summed E-state index contributed by atoms with van der Waals surface area (Å²) >= 11 is 6.08. The van der Waals surface area contributed by atoms with Gasteiger partial charge in [-0.3, -0.25) is 9.36 Å². The highest BCUT2D eigenvalue weighted by atomic mass is 35.5. The Balaban J connectivity index is 1.47. The molecule has 0 spiro atoms. The van der Waals surface area contributed by atoms with Gasteiger partial charge >= 0.3 is 0 Å². The van der Waals surface area contributed by atoms with Gasteiger partial charge in [0.1, 0.15) is 17.8 Å². The van der Waals surface area contributed by atoms with E-state index in [2.05, 4.69) is 31.5 Å². The predicted octanol–water partition coefficient (Wildman–Crippen LogP) is 2.99. The van der Waals surface area contributed by atoms with Gasteiger partial charge in [0.05, 0.1) is 6.04 Å². The summed E-state index contributed by atoms with van der Waals surface area (Å²) in [5.41, 5.74) is 1.12. The molecule has 9 heteroatoms. The third-order valence-electron chi connectivity index (χ3n) is 5.51. The standard InChI is InChI=1S/C23H25ClN6O2/c1-3-19(16-5-4-6-17(24)11-16)28-22(31)20-13-30(14-26-20)21-15(2)12-25-23(29-21)27-18-7-9-32-10-8-18/h1,4,6,11-14,16,18-19H,5,7-10H2,2H3,(H,28,31)(H,25,27,29)/t16?,19-/m1/s1. The van der Waals surface area contributed by atoms with Crippen LogP contribution in [0.2, 0.25) is 0 Å². The number of hydrogen-bond donors (Lipinski definition) is 2. The van der Waals surface area contributed by atoms with Crippen molar-refractivity contribution in [1.29, 1.82) is 0 Å². The molecule has 1 fully saturated rings. The van der Waals surface area contributed by atoms with E-state index in [1.165, 1.54) is 0 Å². The maximum absolute atomic E-state index is 12.8. The number of hydrogen-bond acceptors (Lipinski definition) is 6. The number of carbonyl (C=O) groups excluding carboxylic acids is 1. The van der Waals surface area contributed by atoms with Crippen LogP contribution in [0.5, 0.6) is 0 Å². The summed E-state index contributed by atoms with van der Waals surface area (Å²) in [6.45, 7) is 3.37. The molecule has 0 radical (unpaired) electrons. The van der Waals surface area contributed by atoms with Crippen LogP contribution in [-0.2, 0) is 4.74 Å². The lowest BCUT2D eigenvalue weighted by molar-refractivity contribution is 0.0903. The van der Waals surface area contributed by atoms with E-state index < -0.39 is 6.04 Å². The van der Waals surface area contributed by atoms with Crippen molar-refractivity contribution in [3.63, 3.8) is 0 Å². The summed E-state index contributed by atoms with van der Waals surface area (Å²) in [5.74, 6) is 3.43. The number of aryl methyl sites for hydroxylation is 1. The average Bonchev–Trinajstić information content (AvgIpc) is 3.29. The molecule has 3 heterocycles. The van der Waals surface area contributed by atoms with E-state index >= 15 is 0 Å². The number of ether oxygens (including phenoxy) is 1. The Morgan fingerprint density at radius 1 is 1.38 bits per heavy atom. The monoisotopic (exact) mass is 452 g/mol. The van der Waals surface area contributed by atoms with E-state index in [1.807, 2.05) is 25.2 Å². The quantitative estimate of drug-likeness (QED) is 0.654. The molecule has 2 N–H and O–H groups in total. The highest BCUT2D eigenvalue weighted by molar-refractivity contribution is 6.31. The zero-order chi connectivity index (χ0) is 22.5. The third kappa shape index (κ3) is 5.18. The molecule has 1 aliphatic carbocycles. The van der Waals surface area contributed by atoms with E-state index in [0.29, 0.717) is 23.2 Å². The number of allylic oxidation sites excluding steroid dienone is 3. The average molecular weight is 453 g/mol. The van der Waals surface area contributed by atoms with Crippen molar-refractivity contribution < 1.29 is 9.53 Å². The first kappa shape index (κ1) is 22.1. The number of imidazole rings is 1. The molecule has 2 aromatic rings. The van der Waals surface area contributed by atoms with Crippen molar-refractivity contribution in [2.45, 2.75) is 38.3 Å². The van der Waals surface area contributed by atoms with E-state index in [4.69, 9.17) is 22.8 Å². The van der Waals surface area contributed by atoms with Crippen LogP contribution in [0.25, 0.3) is 5.82 Å². The lowest BCUT2D eigenvalue weighted by Gasteiger charge is -2.23. The van der Waals surface area contributed by atoms with Gasteiger partial charge in [-0.05, 0) is 32.3 Å². The fraction of sp³-hybridized carbons (Fsp3) is 0.391. The van der Waals surface area contributed by atoms with Gasteiger partial charge in [0.2, 0.25) is 5.95 Å². The molecule has 1 amide bonds. The van der Waals surface area contributed by atoms with Gasteiger partial charge < -0.3 is 15.4 Å². The number of amides is 1. The summed E-state index contributed by atoms with van der Waals surface area (Å²) < 4.78 is 7.11. The van der Waals surface area contributed by atoms with Crippen molar-refractivity contribution in [1.82, 2.24) is 24.8 Å². The SMILES string of the molecule is C#C[C@@H](NC(=O)c1cn(-c2nc(NC3CCOCC3)ncc2C)cn1)C1C=C(Cl)C=CC1. The fourth-order valence-electron chi connectivity index (χ4n) is 3.73. The van der Waals surface area contributed by atoms with Crippen LogP contribution < -0.4 is 10.6 Å². The zero-order valence-corrected chi connectivity index (χ0v) is 18.5. The number of anilines is 1. The largest absolute Gasteiger partial charge is 0.381 e. The Labute approximate surface area is 192 Å². The lowest BCUT2D eigenvalue weighted by Crippen LogP contribution is -2.39. The summed E-state index contributed by atoms with van der Waals surface area (Å²) in [5, 5.41) is 6.85. The number of halogens is 1. The molecule has 1 aliphatic heterocycles. The normalized spacial score (nSPS) is 19.7. The van der Waals surface area contributed by atoms with E-state index in [-0.39, 0.29) is 23.6 Å². The molecule has 166 valence electrons. The summed E-state index contributed by atoms with van der Waals surface area (Å²) in [6.07, 6.45) is 18.8. The second-order valence-corrected chi connectivity index (χ2v) is 8.31. The molecule has 0 aromatic carbocycles. The Morgan fingerprint density at radius 2 is 2.19 bits per heavy atom. The molecule has 2 aromatic heterocycles. The van der Waals surface area contributed by atoms with E-state index in [1.54, 1.807) is 23.3 Å². The Bertz CT molecular complexity index is 1080. The number of terminal acetylenes is 1. The zero-order valence-electron chi connectivity index (χ0n) is 17.8. The lowest BCUT2D eigenvalue weighted by atomic mass is 9.93. The maximum atomic E-state index is 12.8. The van der Waals surface area contributed by atoms with Gasteiger partial charge in [-0.25, -0.2) is 9.97 Å². The maximum Gasteiger partial charge on any atom is 0.272 e. The third-order valence-corrected chi connectivity index (χ3v) is 5.76. The summed E-state index contributed by atoms with van der Waals surface area (Å²) in [7, 11) is 0. The minimum Gasteiger partial charge on any atom is -0.381 e. The van der Waals surface area contributed by atoms with Crippen molar-refractivity contribution in [3.05, 3.63) is 53.2 Å². The molecule has 4 rings (SSSR count). The van der Waals surface area contributed by atoms with Crippen LogP contribution in [0.4, 0.5) is 5.95 Å². The van der Waals surface area contributed by atoms with Crippen LogP contribution in [0.3, 0.4) is 0 Å². The number of rotatable bonds is 6. The van der Waals surface area contributed by atoms with Crippen LogP contribution in [0, 0.1) is 25.2 Å².